The minimum Gasteiger partial charge on any atom is -0.320 e. The maximum atomic E-state index is 12.2. The zero-order valence-corrected chi connectivity index (χ0v) is 15.7. The van der Waals surface area contributed by atoms with E-state index in [0.717, 1.165) is 11.8 Å². The lowest BCUT2D eigenvalue weighted by Gasteiger charge is -2.07. The largest absolute Gasteiger partial charge is 0.320 e. The third-order valence-electron chi connectivity index (χ3n) is 3.29. The first-order valence-corrected chi connectivity index (χ1v) is 9.09. The van der Waals surface area contributed by atoms with Crippen LogP contribution in [0.1, 0.15) is 0 Å². The Balaban J connectivity index is 1.71. The Morgan fingerprint density at radius 3 is 2.78 bits per heavy atom. The first-order valence-electron chi connectivity index (χ1n) is 7.35. The molecule has 3 rings (SSSR count). The van der Waals surface area contributed by atoms with Crippen LogP contribution >= 0.6 is 35.0 Å². The van der Waals surface area contributed by atoms with Gasteiger partial charge in [-0.3, -0.25) is 14.9 Å². The number of halogens is 2. The second kappa shape index (κ2) is 8.33. The molecule has 0 saturated heterocycles. The maximum Gasteiger partial charge on any atom is 0.292 e. The number of carbonyl (C=O) groups excluding carboxylic acids is 1. The van der Waals surface area contributed by atoms with Crippen molar-refractivity contribution in [3.05, 3.63) is 62.6 Å². The molecule has 2 aromatic carbocycles. The molecule has 0 atom stereocenters. The molecule has 1 amide bonds. The van der Waals surface area contributed by atoms with Crippen LogP contribution in [-0.4, -0.2) is 36.8 Å². The van der Waals surface area contributed by atoms with Gasteiger partial charge in [0.25, 0.3) is 5.69 Å². The summed E-state index contributed by atoms with van der Waals surface area (Å²) in [5, 5.41) is 26.0. The first-order chi connectivity index (χ1) is 13.0. The van der Waals surface area contributed by atoms with Gasteiger partial charge in [0.05, 0.1) is 21.4 Å². The van der Waals surface area contributed by atoms with Gasteiger partial charge in [-0.1, -0.05) is 47.1 Å². The number of nitro groups is 1. The van der Waals surface area contributed by atoms with E-state index in [1.807, 2.05) is 0 Å². The Morgan fingerprint density at radius 1 is 1.26 bits per heavy atom. The third kappa shape index (κ3) is 4.54. The number of nitro benzene ring substituents is 1. The van der Waals surface area contributed by atoms with Crippen molar-refractivity contribution in [2.75, 3.05) is 11.1 Å². The average molecular weight is 425 g/mol. The predicted octanol–water partition coefficient (Wildman–Crippen LogP) is 3.61. The Bertz CT molecular complexity index is 1010. The normalized spacial score (nSPS) is 10.6. The molecule has 1 N–H and O–H groups in total. The lowest BCUT2D eigenvalue weighted by atomic mass is 10.2. The van der Waals surface area contributed by atoms with Gasteiger partial charge in [-0.15, -0.1) is 5.10 Å². The lowest BCUT2D eigenvalue weighted by Crippen LogP contribution is -2.15. The van der Waals surface area contributed by atoms with E-state index < -0.39 is 10.8 Å². The molecular weight excluding hydrogens is 415 g/mol. The van der Waals surface area contributed by atoms with Crippen molar-refractivity contribution in [1.29, 1.82) is 0 Å². The highest BCUT2D eigenvalue weighted by Crippen LogP contribution is 2.27. The Kier molecular flexibility index (Phi) is 5.89. The van der Waals surface area contributed by atoms with Crippen LogP contribution in [-0.2, 0) is 4.79 Å². The molecule has 12 heteroatoms. The van der Waals surface area contributed by atoms with Crippen molar-refractivity contribution in [2.24, 2.45) is 0 Å². The van der Waals surface area contributed by atoms with Gasteiger partial charge in [0.1, 0.15) is 5.69 Å². The van der Waals surface area contributed by atoms with Gasteiger partial charge in [0, 0.05) is 11.1 Å². The molecule has 27 heavy (non-hydrogen) atoms. The predicted molar refractivity (Wildman–Crippen MR) is 102 cm³/mol. The number of para-hydroxylation sites is 2. The summed E-state index contributed by atoms with van der Waals surface area (Å²) >= 11 is 13.1. The van der Waals surface area contributed by atoms with Crippen LogP contribution < -0.4 is 5.32 Å². The van der Waals surface area contributed by atoms with Crippen molar-refractivity contribution < 1.29 is 9.72 Å². The molecule has 0 unspecified atom stereocenters. The van der Waals surface area contributed by atoms with Crippen molar-refractivity contribution in [3.63, 3.8) is 0 Å². The smallest absolute Gasteiger partial charge is 0.292 e. The summed E-state index contributed by atoms with van der Waals surface area (Å²) in [7, 11) is 0. The fraction of sp³-hybridized carbons (Fsp3) is 0.0667. The lowest BCUT2D eigenvalue weighted by molar-refractivity contribution is -0.383. The molecule has 138 valence electrons. The monoisotopic (exact) mass is 424 g/mol. The Morgan fingerprint density at radius 2 is 2.04 bits per heavy atom. The molecule has 0 saturated carbocycles. The zero-order chi connectivity index (χ0) is 19.4. The molecule has 1 aromatic heterocycles. The summed E-state index contributed by atoms with van der Waals surface area (Å²) in [5.41, 5.74) is 0.440. The molecule has 0 aliphatic rings. The second-order valence-electron chi connectivity index (χ2n) is 5.08. The van der Waals surface area contributed by atoms with Crippen molar-refractivity contribution in [2.45, 2.75) is 5.16 Å². The van der Waals surface area contributed by atoms with Crippen LogP contribution in [0, 0.1) is 10.1 Å². The molecule has 1 heterocycles. The minimum absolute atomic E-state index is 0.0579. The van der Waals surface area contributed by atoms with Crippen LogP contribution in [0.5, 0.6) is 0 Å². The van der Waals surface area contributed by atoms with Gasteiger partial charge in [-0.25, -0.2) is 0 Å². The first kappa shape index (κ1) is 19.1. The highest BCUT2D eigenvalue weighted by Gasteiger charge is 2.17. The number of nitrogens with one attached hydrogen (secondary N) is 1. The molecule has 3 aromatic rings. The fourth-order valence-corrected chi connectivity index (χ4v) is 3.30. The summed E-state index contributed by atoms with van der Waals surface area (Å²) < 4.78 is 1.38. The molecule has 0 aliphatic heterocycles. The number of hydrogen-bond donors (Lipinski definition) is 1. The number of nitrogens with zero attached hydrogens (tertiary/aromatic N) is 5. The Hall–Kier alpha value is -2.69. The van der Waals surface area contributed by atoms with Crippen molar-refractivity contribution in [1.82, 2.24) is 20.2 Å². The minimum atomic E-state index is -0.564. The van der Waals surface area contributed by atoms with Gasteiger partial charge >= 0.3 is 0 Å². The SMILES string of the molecule is O=C(CSc1nnnn1-c1ccc(Cl)cc1Cl)Nc1ccccc1[N+](=O)[O-]. The number of hydrogen-bond acceptors (Lipinski definition) is 7. The molecule has 0 fully saturated rings. The van der Waals surface area contributed by atoms with Crippen molar-refractivity contribution in [3.8, 4) is 5.69 Å². The van der Waals surface area contributed by atoms with E-state index in [4.69, 9.17) is 23.2 Å². The van der Waals surface area contributed by atoms with E-state index in [2.05, 4.69) is 20.8 Å². The second-order valence-corrected chi connectivity index (χ2v) is 6.87. The van der Waals surface area contributed by atoms with Crippen LogP contribution in [0.2, 0.25) is 10.0 Å². The van der Waals surface area contributed by atoms with Crippen LogP contribution in [0.3, 0.4) is 0 Å². The fourth-order valence-electron chi connectivity index (χ4n) is 2.13. The molecule has 0 radical (unpaired) electrons. The average Bonchev–Trinajstić information content (AvgIpc) is 3.08. The van der Waals surface area contributed by atoms with E-state index in [-0.39, 0.29) is 17.1 Å². The summed E-state index contributed by atoms with van der Waals surface area (Å²) in [6, 6.07) is 10.7. The number of thioether (sulfide) groups is 1. The van der Waals surface area contributed by atoms with Gasteiger partial charge < -0.3 is 5.32 Å². The molecule has 0 spiro atoms. The summed E-state index contributed by atoms with van der Waals surface area (Å²) in [4.78, 5) is 22.6. The summed E-state index contributed by atoms with van der Waals surface area (Å²) in [6.45, 7) is 0. The molecular formula is C15H10Cl2N6O3S. The molecule has 9 nitrogen and oxygen atoms in total. The van der Waals surface area contributed by atoms with Crippen molar-refractivity contribution >= 4 is 52.2 Å². The highest BCUT2D eigenvalue weighted by molar-refractivity contribution is 7.99. The van der Waals surface area contributed by atoms with Gasteiger partial charge in [0.2, 0.25) is 11.1 Å². The standard InChI is InChI=1S/C15H10Cl2N6O3S/c16-9-5-6-12(10(17)7-9)22-15(19-20-21-22)27-8-14(24)18-11-3-1-2-4-13(11)23(25)26/h1-7H,8H2,(H,18,24). The number of amides is 1. The molecule has 0 bridgehead atoms. The third-order valence-corrected chi connectivity index (χ3v) is 4.74. The summed E-state index contributed by atoms with van der Waals surface area (Å²) in [6.07, 6.45) is 0. The van der Waals surface area contributed by atoms with E-state index >= 15 is 0 Å². The topological polar surface area (TPSA) is 116 Å². The van der Waals surface area contributed by atoms with E-state index in [1.54, 1.807) is 24.3 Å². The van der Waals surface area contributed by atoms with Gasteiger partial charge in [0.15, 0.2) is 0 Å². The number of aromatic nitrogens is 4. The number of rotatable bonds is 6. The van der Waals surface area contributed by atoms with E-state index in [9.17, 15) is 14.9 Å². The van der Waals surface area contributed by atoms with E-state index in [1.165, 1.54) is 22.9 Å². The highest BCUT2D eigenvalue weighted by atomic mass is 35.5. The Labute approximate surface area is 166 Å². The zero-order valence-electron chi connectivity index (χ0n) is 13.4. The quantitative estimate of drug-likeness (QED) is 0.364. The maximum absolute atomic E-state index is 12.2. The van der Waals surface area contributed by atoms with E-state index in [0.29, 0.717) is 20.9 Å². The number of anilines is 1. The summed E-state index contributed by atoms with van der Waals surface area (Å²) in [5.74, 6) is -0.497. The van der Waals surface area contributed by atoms with Crippen LogP contribution in [0.25, 0.3) is 5.69 Å². The van der Waals surface area contributed by atoms with Gasteiger partial charge in [-0.05, 0) is 34.7 Å². The van der Waals surface area contributed by atoms with Crippen LogP contribution in [0.4, 0.5) is 11.4 Å². The molecule has 0 aliphatic carbocycles. The number of carbonyl (C=O) groups is 1. The number of tetrazole rings is 1. The van der Waals surface area contributed by atoms with Crippen LogP contribution in [0.15, 0.2) is 47.6 Å². The van der Waals surface area contributed by atoms with Gasteiger partial charge in [-0.2, -0.15) is 4.68 Å². The number of benzene rings is 2.